The number of carboxylic acids is 1. The summed E-state index contributed by atoms with van der Waals surface area (Å²) >= 11 is 0. The van der Waals surface area contributed by atoms with Crippen molar-refractivity contribution in [2.24, 2.45) is 5.92 Å². The second-order valence-corrected chi connectivity index (χ2v) is 5.57. The van der Waals surface area contributed by atoms with Gasteiger partial charge in [0.05, 0.1) is 0 Å². The van der Waals surface area contributed by atoms with E-state index < -0.39 is 11.5 Å². The van der Waals surface area contributed by atoms with Crippen molar-refractivity contribution in [3.8, 4) is 0 Å². The molecule has 1 fully saturated rings. The van der Waals surface area contributed by atoms with E-state index in [9.17, 15) is 9.90 Å². The maximum absolute atomic E-state index is 11.6. The Morgan fingerprint density at radius 1 is 1.24 bits per heavy atom. The highest BCUT2D eigenvalue weighted by Gasteiger charge is 2.42. The molecule has 0 atom stereocenters. The van der Waals surface area contributed by atoms with Crippen LogP contribution in [-0.4, -0.2) is 34.6 Å². The van der Waals surface area contributed by atoms with Gasteiger partial charge in [0.25, 0.3) is 0 Å². The molecule has 0 aromatic rings. The number of aliphatic carboxylic acids is 1. The van der Waals surface area contributed by atoms with Crippen molar-refractivity contribution < 1.29 is 9.90 Å². The Labute approximate surface area is 105 Å². The van der Waals surface area contributed by atoms with E-state index in [0.717, 1.165) is 18.8 Å². The minimum absolute atomic E-state index is 0.446. The Kier molecular flexibility index (Phi) is 4.99. The summed E-state index contributed by atoms with van der Waals surface area (Å²) in [5.41, 5.74) is -0.661. The molecule has 100 valence electrons. The fraction of sp³-hybridized carbons (Fsp3) is 0.929. The van der Waals surface area contributed by atoms with Gasteiger partial charge in [-0.3, -0.25) is 9.69 Å². The van der Waals surface area contributed by atoms with Crippen molar-refractivity contribution in [2.45, 2.75) is 70.9 Å². The SMILES string of the molecule is CCC(CC)(C(=O)O)N(C)C1CCC(C)CC1. The highest BCUT2D eigenvalue weighted by Crippen LogP contribution is 2.33. The first-order chi connectivity index (χ1) is 7.97. The van der Waals surface area contributed by atoms with E-state index in [4.69, 9.17) is 0 Å². The van der Waals surface area contributed by atoms with Crippen LogP contribution in [0.2, 0.25) is 0 Å². The summed E-state index contributed by atoms with van der Waals surface area (Å²) in [6.45, 7) is 6.26. The summed E-state index contributed by atoms with van der Waals surface area (Å²) in [4.78, 5) is 13.7. The van der Waals surface area contributed by atoms with Crippen molar-refractivity contribution in [1.29, 1.82) is 0 Å². The summed E-state index contributed by atoms with van der Waals surface area (Å²) in [6.07, 6.45) is 6.12. The summed E-state index contributed by atoms with van der Waals surface area (Å²) in [5.74, 6) is 0.144. The Morgan fingerprint density at radius 2 is 1.71 bits per heavy atom. The molecule has 0 heterocycles. The monoisotopic (exact) mass is 241 g/mol. The fourth-order valence-corrected chi connectivity index (χ4v) is 3.18. The van der Waals surface area contributed by atoms with Crippen LogP contribution in [0.3, 0.4) is 0 Å². The van der Waals surface area contributed by atoms with Crippen molar-refractivity contribution >= 4 is 5.97 Å². The van der Waals surface area contributed by atoms with Crippen LogP contribution in [0.25, 0.3) is 0 Å². The molecule has 0 unspecified atom stereocenters. The minimum atomic E-state index is -0.663. The van der Waals surface area contributed by atoms with E-state index in [-0.39, 0.29) is 0 Å². The van der Waals surface area contributed by atoms with Gasteiger partial charge in [-0.2, -0.15) is 0 Å². The molecule has 1 rings (SSSR count). The zero-order valence-electron chi connectivity index (χ0n) is 11.7. The number of rotatable bonds is 5. The lowest BCUT2D eigenvalue weighted by Gasteiger charge is -2.44. The van der Waals surface area contributed by atoms with Gasteiger partial charge < -0.3 is 5.11 Å². The molecule has 1 N–H and O–H groups in total. The lowest BCUT2D eigenvalue weighted by atomic mass is 9.82. The molecule has 0 bridgehead atoms. The summed E-state index contributed by atoms with van der Waals surface area (Å²) < 4.78 is 0. The van der Waals surface area contributed by atoms with E-state index in [1.807, 2.05) is 20.9 Å². The molecule has 1 aliphatic carbocycles. The molecule has 0 aromatic carbocycles. The highest BCUT2D eigenvalue weighted by molar-refractivity contribution is 5.78. The van der Waals surface area contributed by atoms with Gasteiger partial charge in [0, 0.05) is 6.04 Å². The van der Waals surface area contributed by atoms with Crippen molar-refractivity contribution in [1.82, 2.24) is 4.90 Å². The quantitative estimate of drug-likeness (QED) is 0.804. The van der Waals surface area contributed by atoms with Crippen LogP contribution in [0.5, 0.6) is 0 Å². The molecular formula is C14H27NO2. The highest BCUT2D eigenvalue weighted by atomic mass is 16.4. The maximum atomic E-state index is 11.6. The number of carboxylic acid groups (broad SMARTS) is 1. The number of likely N-dealkylation sites (N-methyl/N-ethyl adjacent to an activating group) is 1. The van der Waals surface area contributed by atoms with Crippen LogP contribution in [-0.2, 0) is 4.79 Å². The van der Waals surface area contributed by atoms with E-state index in [1.54, 1.807) is 0 Å². The number of hydrogen-bond donors (Lipinski definition) is 1. The molecule has 0 aromatic heterocycles. The predicted octanol–water partition coefficient (Wildman–Crippen LogP) is 3.14. The molecule has 0 radical (unpaired) electrons. The van der Waals surface area contributed by atoms with Crippen LogP contribution in [0.15, 0.2) is 0 Å². The Morgan fingerprint density at radius 3 is 2.06 bits per heavy atom. The maximum Gasteiger partial charge on any atom is 0.324 e. The molecule has 17 heavy (non-hydrogen) atoms. The molecule has 1 saturated carbocycles. The molecule has 0 amide bonds. The largest absolute Gasteiger partial charge is 0.480 e. The van der Waals surface area contributed by atoms with Gasteiger partial charge in [0.2, 0.25) is 0 Å². The third-order valence-corrected chi connectivity index (χ3v) is 4.78. The first kappa shape index (κ1) is 14.5. The van der Waals surface area contributed by atoms with Gasteiger partial charge in [-0.05, 0) is 51.5 Å². The summed E-state index contributed by atoms with van der Waals surface area (Å²) in [6, 6.07) is 0.446. The third-order valence-electron chi connectivity index (χ3n) is 4.78. The zero-order chi connectivity index (χ0) is 13.1. The normalized spacial score (nSPS) is 26.2. The standard InChI is InChI=1S/C14H27NO2/c1-5-14(6-2,13(16)17)15(4)12-9-7-11(3)8-10-12/h11-12H,5-10H2,1-4H3,(H,16,17). The molecule has 0 aliphatic heterocycles. The number of hydrogen-bond acceptors (Lipinski definition) is 2. The average Bonchev–Trinajstić information content (AvgIpc) is 2.31. The minimum Gasteiger partial charge on any atom is -0.480 e. The van der Waals surface area contributed by atoms with Crippen molar-refractivity contribution in [3.63, 3.8) is 0 Å². The zero-order valence-corrected chi connectivity index (χ0v) is 11.7. The third kappa shape index (κ3) is 2.82. The van der Waals surface area contributed by atoms with E-state index in [1.165, 1.54) is 12.8 Å². The van der Waals surface area contributed by atoms with Crippen LogP contribution >= 0.6 is 0 Å². The van der Waals surface area contributed by atoms with Gasteiger partial charge in [-0.25, -0.2) is 0 Å². The van der Waals surface area contributed by atoms with Gasteiger partial charge in [-0.15, -0.1) is 0 Å². The molecule has 0 saturated heterocycles. The van der Waals surface area contributed by atoms with Crippen molar-refractivity contribution in [3.05, 3.63) is 0 Å². The molecular weight excluding hydrogens is 214 g/mol. The lowest BCUT2D eigenvalue weighted by molar-refractivity contribution is -0.153. The lowest BCUT2D eigenvalue weighted by Crippen LogP contribution is -2.56. The van der Waals surface area contributed by atoms with Gasteiger partial charge >= 0.3 is 5.97 Å². The molecule has 3 nitrogen and oxygen atoms in total. The Hall–Kier alpha value is -0.570. The topological polar surface area (TPSA) is 40.5 Å². The van der Waals surface area contributed by atoms with Crippen LogP contribution in [0.1, 0.15) is 59.3 Å². The van der Waals surface area contributed by atoms with Crippen LogP contribution < -0.4 is 0 Å². The van der Waals surface area contributed by atoms with Crippen LogP contribution in [0.4, 0.5) is 0 Å². The summed E-state index contributed by atoms with van der Waals surface area (Å²) in [5, 5.41) is 9.54. The Bertz CT molecular complexity index is 253. The van der Waals surface area contributed by atoms with E-state index in [0.29, 0.717) is 18.9 Å². The second-order valence-electron chi connectivity index (χ2n) is 5.57. The van der Waals surface area contributed by atoms with Gasteiger partial charge in [0.15, 0.2) is 0 Å². The number of nitrogens with zero attached hydrogens (tertiary/aromatic N) is 1. The van der Waals surface area contributed by atoms with Gasteiger partial charge in [-0.1, -0.05) is 20.8 Å². The fourth-order valence-electron chi connectivity index (χ4n) is 3.18. The molecule has 0 spiro atoms. The predicted molar refractivity (Wildman–Crippen MR) is 70.1 cm³/mol. The number of carbonyl (C=O) groups is 1. The first-order valence-electron chi connectivity index (χ1n) is 6.94. The van der Waals surface area contributed by atoms with E-state index >= 15 is 0 Å². The average molecular weight is 241 g/mol. The van der Waals surface area contributed by atoms with Gasteiger partial charge in [0.1, 0.15) is 5.54 Å². The van der Waals surface area contributed by atoms with Crippen molar-refractivity contribution in [2.75, 3.05) is 7.05 Å². The molecule has 3 heteroatoms. The first-order valence-corrected chi connectivity index (χ1v) is 6.94. The summed E-state index contributed by atoms with van der Waals surface area (Å²) in [7, 11) is 2.00. The second kappa shape index (κ2) is 5.85. The Balaban J connectivity index is 2.78. The van der Waals surface area contributed by atoms with Crippen LogP contribution in [0, 0.1) is 5.92 Å². The smallest absolute Gasteiger partial charge is 0.324 e. The molecule has 1 aliphatic rings. The van der Waals surface area contributed by atoms with E-state index in [2.05, 4.69) is 11.8 Å².